The Morgan fingerprint density at radius 3 is 2.76 bits per heavy atom. The normalized spacial score (nSPS) is 11.0. The zero-order chi connectivity index (χ0) is 12.3. The minimum Gasteiger partial charge on any atom is -0.494 e. The molecule has 88 valence electrons. The Morgan fingerprint density at radius 1 is 1.35 bits per heavy atom. The minimum atomic E-state index is 0.761. The second kappa shape index (κ2) is 4.82. The fourth-order valence-corrected chi connectivity index (χ4v) is 1.50. The number of para-hydroxylation sites is 2. The average Bonchev–Trinajstić information content (AvgIpc) is 2.68. The van der Waals surface area contributed by atoms with Crippen molar-refractivity contribution < 1.29 is 4.74 Å². The first-order chi connectivity index (χ1) is 8.22. The number of hydrogen-bond acceptors (Lipinski definition) is 3. The molecule has 1 aromatic carbocycles. The summed E-state index contributed by atoms with van der Waals surface area (Å²) in [4.78, 5) is 8.65. The molecule has 17 heavy (non-hydrogen) atoms. The van der Waals surface area contributed by atoms with Crippen molar-refractivity contribution in [2.24, 2.45) is 12.0 Å². The van der Waals surface area contributed by atoms with Crippen LogP contribution >= 0.6 is 0 Å². The number of aliphatic imine (C=N–C) groups is 1. The zero-order valence-electron chi connectivity index (χ0n) is 10.2. The van der Waals surface area contributed by atoms with E-state index in [0.717, 1.165) is 22.8 Å². The van der Waals surface area contributed by atoms with E-state index in [2.05, 4.69) is 9.98 Å². The first-order valence-corrected chi connectivity index (χ1v) is 5.37. The largest absolute Gasteiger partial charge is 0.494 e. The quantitative estimate of drug-likeness (QED) is 0.758. The van der Waals surface area contributed by atoms with Gasteiger partial charge in [-0.05, 0) is 19.1 Å². The summed E-state index contributed by atoms with van der Waals surface area (Å²) < 4.78 is 7.19. The lowest BCUT2D eigenvalue weighted by atomic mass is 10.3. The fourth-order valence-electron chi connectivity index (χ4n) is 1.50. The summed E-state index contributed by atoms with van der Waals surface area (Å²) in [7, 11) is 3.60. The van der Waals surface area contributed by atoms with E-state index in [1.165, 1.54) is 0 Å². The number of ether oxygens (including phenoxy) is 1. The monoisotopic (exact) mass is 229 g/mol. The molecular weight excluding hydrogens is 214 g/mol. The van der Waals surface area contributed by atoms with Crippen molar-refractivity contribution in [3.63, 3.8) is 0 Å². The van der Waals surface area contributed by atoms with E-state index in [0.29, 0.717) is 0 Å². The molecule has 1 heterocycles. The Morgan fingerprint density at radius 2 is 2.12 bits per heavy atom. The van der Waals surface area contributed by atoms with E-state index >= 15 is 0 Å². The van der Waals surface area contributed by atoms with Gasteiger partial charge in [0.1, 0.15) is 17.1 Å². The van der Waals surface area contributed by atoms with Crippen LogP contribution in [-0.2, 0) is 7.05 Å². The molecule has 0 unspecified atom stereocenters. The van der Waals surface area contributed by atoms with Gasteiger partial charge in [0.15, 0.2) is 0 Å². The van der Waals surface area contributed by atoms with E-state index in [-0.39, 0.29) is 0 Å². The summed E-state index contributed by atoms with van der Waals surface area (Å²) in [6.07, 6.45) is 3.53. The van der Waals surface area contributed by atoms with Crippen LogP contribution in [0.3, 0.4) is 0 Å². The molecule has 0 spiro atoms. The van der Waals surface area contributed by atoms with Crippen LogP contribution < -0.4 is 4.74 Å². The van der Waals surface area contributed by atoms with Crippen LogP contribution in [0.25, 0.3) is 0 Å². The van der Waals surface area contributed by atoms with Gasteiger partial charge < -0.3 is 9.30 Å². The molecule has 0 bridgehead atoms. The van der Waals surface area contributed by atoms with Crippen molar-refractivity contribution in [1.29, 1.82) is 0 Å². The van der Waals surface area contributed by atoms with E-state index in [1.54, 1.807) is 19.7 Å². The standard InChI is InChI=1S/C13H15N3O/c1-10-12(15-9-16(10)2)8-14-11-6-4-5-7-13(11)17-3/h4-9H,1-3H3/b14-8+. The maximum Gasteiger partial charge on any atom is 0.144 e. The Labute approximate surface area is 101 Å². The molecule has 2 rings (SSSR count). The number of methoxy groups -OCH3 is 1. The number of aryl methyl sites for hydroxylation is 1. The molecule has 0 N–H and O–H groups in total. The lowest BCUT2D eigenvalue weighted by Gasteiger charge is -2.02. The molecule has 0 fully saturated rings. The van der Waals surface area contributed by atoms with E-state index < -0.39 is 0 Å². The van der Waals surface area contributed by atoms with Crippen LogP contribution in [0.2, 0.25) is 0 Å². The van der Waals surface area contributed by atoms with E-state index in [9.17, 15) is 0 Å². The number of nitrogens with zero attached hydrogens (tertiary/aromatic N) is 3. The summed E-state index contributed by atoms with van der Waals surface area (Å²) >= 11 is 0. The van der Waals surface area contributed by atoms with Crippen LogP contribution in [0.4, 0.5) is 5.69 Å². The third-order valence-corrected chi connectivity index (χ3v) is 2.68. The first-order valence-electron chi connectivity index (χ1n) is 5.37. The van der Waals surface area contributed by atoms with Crippen molar-refractivity contribution in [2.75, 3.05) is 7.11 Å². The predicted molar refractivity (Wildman–Crippen MR) is 68.2 cm³/mol. The predicted octanol–water partition coefficient (Wildman–Crippen LogP) is 2.49. The lowest BCUT2D eigenvalue weighted by Crippen LogP contribution is -1.91. The Kier molecular flexibility index (Phi) is 3.23. The second-order valence-electron chi connectivity index (χ2n) is 3.76. The zero-order valence-corrected chi connectivity index (χ0v) is 10.2. The summed E-state index contributed by atoms with van der Waals surface area (Å²) in [5.41, 5.74) is 2.77. The number of benzene rings is 1. The molecule has 0 saturated carbocycles. The van der Waals surface area contributed by atoms with Gasteiger partial charge in [-0.1, -0.05) is 12.1 Å². The van der Waals surface area contributed by atoms with E-state index in [4.69, 9.17) is 4.74 Å². The van der Waals surface area contributed by atoms with Gasteiger partial charge in [0.25, 0.3) is 0 Å². The third kappa shape index (κ3) is 2.36. The molecule has 0 aliphatic heterocycles. The summed E-state index contributed by atoms with van der Waals surface area (Å²) in [5, 5.41) is 0. The van der Waals surface area contributed by atoms with Gasteiger partial charge in [0.2, 0.25) is 0 Å². The van der Waals surface area contributed by atoms with Crippen molar-refractivity contribution in [3.05, 3.63) is 42.0 Å². The highest BCUT2D eigenvalue weighted by molar-refractivity contribution is 5.81. The number of hydrogen-bond donors (Lipinski definition) is 0. The van der Waals surface area contributed by atoms with Crippen LogP contribution in [-0.4, -0.2) is 22.9 Å². The molecular formula is C13H15N3O. The number of aromatic nitrogens is 2. The van der Waals surface area contributed by atoms with Gasteiger partial charge in [-0.25, -0.2) is 4.98 Å². The summed E-state index contributed by atoms with van der Waals surface area (Å²) in [5.74, 6) is 0.761. The van der Waals surface area contributed by atoms with Crippen LogP contribution in [0.5, 0.6) is 5.75 Å². The van der Waals surface area contributed by atoms with Crippen molar-refractivity contribution in [3.8, 4) is 5.75 Å². The number of imidazole rings is 1. The smallest absolute Gasteiger partial charge is 0.144 e. The highest BCUT2D eigenvalue weighted by Crippen LogP contribution is 2.26. The fraction of sp³-hybridized carbons (Fsp3) is 0.231. The highest BCUT2D eigenvalue weighted by atomic mass is 16.5. The van der Waals surface area contributed by atoms with Crippen LogP contribution in [0.1, 0.15) is 11.4 Å². The molecule has 0 atom stereocenters. The van der Waals surface area contributed by atoms with Gasteiger partial charge in [0, 0.05) is 12.7 Å². The van der Waals surface area contributed by atoms with Crippen molar-refractivity contribution >= 4 is 11.9 Å². The third-order valence-electron chi connectivity index (χ3n) is 2.68. The Hall–Kier alpha value is -2.10. The molecule has 0 aliphatic carbocycles. The van der Waals surface area contributed by atoms with Gasteiger partial charge >= 0.3 is 0 Å². The molecule has 0 amide bonds. The molecule has 4 heteroatoms. The van der Waals surface area contributed by atoms with Gasteiger partial charge in [0.05, 0.1) is 19.7 Å². The van der Waals surface area contributed by atoms with Gasteiger partial charge in [-0.2, -0.15) is 0 Å². The summed E-state index contributed by atoms with van der Waals surface area (Å²) in [6.45, 7) is 2.01. The van der Waals surface area contributed by atoms with Crippen molar-refractivity contribution in [1.82, 2.24) is 9.55 Å². The Balaban J connectivity index is 2.29. The lowest BCUT2D eigenvalue weighted by molar-refractivity contribution is 0.416. The van der Waals surface area contributed by atoms with E-state index in [1.807, 2.05) is 42.8 Å². The minimum absolute atomic E-state index is 0.761. The van der Waals surface area contributed by atoms with Crippen LogP contribution in [0.15, 0.2) is 35.6 Å². The number of rotatable bonds is 3. The average molecular weight is 229 g/mol. The molecule has 2 aromatic rings. The summed E-state index contributed by atoms with van der Waals surface area (Å²) in [6, 6.07) is 7.65. The molecule has 1 aromatic heterocycles. The van der Waals surface area contributed by atoms with Crippen LogP contribution in [0, 0.1) is 6.92 Å². The first kappa shape index (κ1) is 11.4. The highest BCUT2D eigenvalue weighted by Gasteiger charge is 2.02. The molecule has 0 radical (unpaired) electrons. The second-order valence-corrected chi connectivity index (χ2v) is 3.76. The maximum absolute atomic E-state index is 5.23. The van der Waals surface area contributed by atoms with Gasteiger partial charge in [-0.15, -0.1) is 0 Å². The van der Waals surface area contributed by atoms with Gasteiger partial charge in [-0.3, -0.25) is 4.99 Å². The maximum atomic E-state index is 5.23. The Bertz CT molecular complexity index is 543. The molecule has 0 aliphatic rings. The molecule has 4 nitrogen and oxygen atoms in total. The van der Waals surface area contributed by atoms with Crippen molar-refractivity contribution in [2.45, 2.75) is 6.92 Å². The molecule has 0 saturated heterocycles. The SMILES string of the molecule is COc1ccccc1/N=C/c1ncn(C)c1C. The topological polar surface area (TPSA) is 39.4 Å².